The largest absolute Gasteiger partial charge is 0.355 e. The minimum Gasteiger partial charge on any atom is -0.355 e. The summed E-state index contributed by atoms with van der Waals surface area (Å²) in [4.78, 5) is 30.2. The number of amides is 2. The molecule has 4 rings (SSSR count). The molecule has 1 aliphatic heterocycles. The first-order valence-electron chi connectivity index (χ1n) is 10.7. The summed E-state index contributed by atoms with van der Waals surface area (Å²) >= 11 is 0. The second-order valence-corrected chi connectivity index (χ2v) is 9.05. The van der Waals surface area contributed by atoms with Gasteiger partial charge in [-0.05, 0) is 66.8 Å². The molecule has 0 aliphatic carbocycles. The van der Waals surface area contributed by atoms with Gasteiger partial charge in [-0.25, -0.2) is 0 Å². The van der Waals surface area contributed by atoms with E-state index in [2.05, 4.69) is 39.7 Å². The van der Waals surface area contributed by atoms with Gasteiger partial charge in [-0.3, -0.25) is 14.6 Å². The van der Waals surface area contributed by atoms with Crippen molar-refractivity contribution in [1.29, 1.82) is 0 Å². The summed E-state index contributed by atoms with van der Waals surface area (Å²) in [5, 5.41) is 14.0. The average molecular weight is 430 g/mol. The summed E-state index contributed by atoms with van der Waals surface area (Å²) in [5.74, 6) is -0.605. The standard InChI is InChI=1S/C25H27N5O2/c1-15-5-8-21(26-12-15)17-9-18(22-24(32)28-14-25(22,3)4)11-19(10-17)23(31)27-13-20-7-6-16(2)29-30-20/h5-12,22H,13-14H2,1-4H3,(H,27,31)(H,28,32). The van der Waals surface area contributed by atoms with Crippen LogP contribution in [0.3, 0.4) is 0 Å². The van der Waals surface area contributed by atoms with Crippen molar-refractivity contribution in [3.63, 3.8) is 0 Å². The van der Waals surface area contributed by atoms with E-state index < -0.39 is 0 Å². The Hall–Kier alpha value is -3.61. The number of pyridine rings is 1. The highest BCUT2D eigenvalue weighted by atomic mass is 16.2. The molecular weight excluding hydrogens is 402 g/mol. The SMILES string of the molecule is Cc1ccc(-c2cc(C(=O)NCc3ccc(C)nn3)cc(C3C(=O)NCC3(C)C)c2)nc1. The highest BCUT2D eigenvalue weighted by Gasteiger charge is 2.42. The predicted molar refractivity (Wildman–Crippen MR) is 122 cm³/mol. The van der Waals surface area contributed by atoms with E-state index in [0.29, 0.717) is 17.8 Å². The molecule has 3 heterocycles. The summed E-state index contributed by atoms with van der Waals surface area (Å²) in [6.07, 6.45) is 1.80. The first kappa shape index (κ1) is 21.6. The lowest BCUT2D eigenvalue weighted by molar-refractivity contribution is -0.121. The predicted octanol–water partition coefficient (Wildman–Crippen LogP) is 3.33. The number of carbonyl (C=O) groups is 2. The molecule has 32 heavy (non-hydrogen) atoms. The van der Waals surface area contributed by atoms with E-state index in [1.807, 2.05) is 56.3 Å². The van der Waals surface area contributed by atoms with Crippen molar-refractivity contribution in [2.75, 3.05) is 6.54 Å². The first-order chi connectivity index (χ1) is 15.2. The van der Waals surface area contributed by atoms with Gasteiger partial charge in [0.25, 0.3) is 5.91 Å². The Bertz CT molecular complexity index is 1150. The Morgan fingerprint density at radius 3 is 2.56 bits per heavy atom. The molecule has 1 aliphatic rings. The molecule has 2 aromatic heterocycles. The molecule has 0 saturated carbocycles. The van der Waals surface area contributed by atoms with Gasteiger partial charge in [0, 0.05) is 23.9 Å². The zero-order chi connectivity index (χ0) is 22.9. The van der Waals surface area contributed by atoms with Gasteiger partial charge in [0.05, 0.1) is 29.5 Å². The van der Waals surface area contributed by atoms with E-state index in [1.54, 1.807) is 6.20 Å². The van der Waals surface area contributed by atoms with Crippen molar-refractivity contribution < 1.29 is 9.59 Å². The summed E-state index contributed by atoms with van der Waals surface area (Å²) < 4.78 is 0. The Kier molecular flexibility index (Phi) is 5.74. The van der Waals surface area contributed by atoms with Gasteiger partial charge in [0.1, 0.15) is 0 Å². The molecule has 1 atom stereocenters. The Morgan fingerprint density at radius 1 is 1.12 bits per heavy atom. The number of aromatic nitrogens is 3. The maximum atomic E-state index is 13.1. The van der Waals surface area contributed by atoms with Crippen LogP contribution < -0.4 is 10.6 Å². The van der Waals surface area contributed by atoms with E-state index in [-0.39, 0.29) is 29.7 Å². The van der Waals surface area contributed by atoms with Gasteiger partial charge in [-0.15, -0.1) is 0 Å². The van der Waals surface area contributed by atoms with Gasteiger partial charge in [0.2, 0.25) is 5.91 Å². The fraction of sp³-hybridized carbons (Fsp3) is 0.320. The van der Waals surface area contributed by atoms with Crippen molar-refractivity contribution >= 4 is 11.8 Å². The average Bonchev–Trinajstić information content (AvgIpc) is 3.05. The molecule has 2 N–H and O–H groups in total. The molecule has 3 aromatic rings. The lowest BCUT2D eigenvalue weighted by Gasteiger charge is -2.25. The molecule has 1 unspecified atom stereocenters. The minimum atomic E-state index is -0.345. The molecule has 164 valence electrons. The van der Waals surface area contributed by atoms with Crippen LogP contribution in [0.1, 0.15) is 52.6 Å². The van der Waals surface area contributed by atoms with Crippen LogP contribution in [0.2, 0.25) is 0 Å². The third-order valence-electron chi connectivity index (χ3n) is 5.80. The Labute approximate surface area is 187 Å². The van der Waals surface area contributed by atoms with Gasteiger partial charge >= 0.3 is 0 Å². The Balaban J connectivity index is 1.69. The molecule has 7 heteroatoms. The molecule has 2 amide bonds. The van der Waals surface area contributed by atoms with E-state index in [4.69, 9.17) is 0 Å². The molecule has 1 aromatic carbocycles. The van der Waals surface area contributed by atoms with Crippen LogP contribution in [-0.2, 0) is 11.3 Å². The Morgan fingerprint density at radius 2 is 1.94 bits per heavy atom. The highest BCUT2D eigenvalue weighted by molar-refractivity contribution is 5.96. The van der Waals surface area contributed by atoms with Crippen LogP contribution in [0.15, 0.2) is 48.7 Å². The van der Waals surface area contributed by atoms with Crippen LogP contribution in [0.4, 0.5) is 0 Å². The summed E-state index contributed by atoms with van der Waals surface area (Å²) in [6, 6.07) is 13.2. The third kappa shape index (κ3) is 4.51. The van der Waals surface area contributed by atoms with E-state index in [1.165, 1.54) is 0 Å². The number of carbonyl (C=O) groups excluding carboxylic acids is 2. The fourth-order valence-electron chi connectivity index (χ4n) is 4.01. The smallest absolute Gasteiger partial charge is 0.251 e. The second kappa shape index (κ2) is 8.49. The highest BCUT2D eigenvalue weighted by Crippen LogP contribution is 2.40. The minimum absolute atomic E-state index is 0.0229. The number of hydrogen-bond donors (Lipinski definition) is 2. The normalized spacial score (nSPS) is 17.1. The van der Waals surface area contributed by atoms with Crippen molar-refractivity contribution in [3.05, 3.63) is 76.7 Å². The topological polar surface area (TPSA) is 96.9 Å². The summed E-state index contributed by atoms with van der Waals surface area (Å²) in [5.41, 5.74) is 5.14. The van der Waals surface area contributed by atoms with Crippen LogP contribution in [0, 0.1) is 19.3 Å². The van der Waals surface area contributed by atoms with Gasteiger partial charge in [-0.1, -0.05) is 19.9 Å². The zero-order valence-corrected chi connectivity index (χ0v) is 18.8. The molecule has 0 spiro atoms. The zero-order valence-electron chi connectivity index (χ0n) is 18.8. The maximum Gasteiger partial charge on any atom is 0.251 e. The lowest BCUT2D eigenvalue weighted by atomic mass is 9.76. The van der Waals surface area contributed by atoms with Gasteiger partial charge in [0.15, 0.2) is 0 Å². The van der Waals surface area contributed by atoms with Crippen LogP contribution in [0.25, 0.3) is 11.3 Å². The quantitative estimate of drug-likeness (QED) is 0.649. The monoisotopic (exact) mass is 429 g/mol. The molecule has 7 nitrogen and oxygen atoms in total. The van der Waals surface area contributed by atoms with E-state index in [0.717, 1.165) is 28.1 Å². The number of hydrogen-bond acceptors (Lipinski definition) is 5. The third-order valence-corrected chi connectivity index (χ3v) is 5.80. The summed E-state index contributed by atoms with van der Waals surface area (Å²) in [7, 11) is 0. The van der Waals surface area contributed by atoms with E-state index >= 15 is 0 Å². The van der Waals surface area contributed by atoms with E-state index in [9.17, 15) is 9.59 Å². The number of benzene rings is 1. The number of rotatable bonds is 5. The first-order valence-corrected chi connectivity index (χ1v) is 10.7. The van der Waals surface area contributed by atoms with Crippen LogP contribution >= 0.6 is 0 Å². The van der Waals surface area contributed by atoms with Crippen molar-refractivity contribution in [1.82, 2.24) is 25.8 Å². The van der Waals surface area contributed by atoms with Crippen molar-refractivity contribution in [2.24, 2.45) is 5.41 Å². The molecular formula is C25H27N5O2. The molecule has 0 radical (unpaired) electrons. The molecule has 1 saturated heterocycles. The number of aryl methyl sites for hydroxylation is 2. The molecule has 0 bridgehead atoms. The van der Waals surface area contributed by atoms with Crippen LogP contribution in [0.5, 0.6) is 0 Å². The maximum absolute atomic E-state index is 13.1. The lowest BCUT2D eigenvalue weighted by Crippen LogP contribution is -2.25. The molecule has 1 fully saturated rings. The number of nitrogens with one attached hydrogen (secondary N) is 2. The van der Waals surface area contributed by atoms with Crippen molar-refractivity contribution in [2.45, 2.75) is 40.2 Å². The second-order valence-electron chi connectivity index (χ2n) is 9.05. The van der Waals surface area contributed by atoms with Crippen molar-refractivity contribution in [3.8, 4) is 11.3 Å². The summed E-state index contributed by atoms with van der Waals surface area (Å²) in [6.45, 7) is 8.82. The van der Waals surface area contributed by atoms with Crippen LogP contribution in [-0.4, -0.2) is 33.5 Å². The number of nitrogens with zero attached hydrogens (tertiary/aromatic N) is 3. The van der Waals surface area contributed by atoms with Gasteiger partial charge in [-0.2, -0.15) is 10.2 Å². The fourth-order valence-corrected chi connectivity index (χ4v) is 4.01. The van der Waals surface area contributed by atoms with Gasteiger partial charge < -0.3 is 10.6 Å².